The van der Waals surface area contributed by atoms with E-state index in [0.29, 0.717) is 12.4 Å². The highest BCUT2D eigenvalue weighted by Gasteiger charge is 2.33. The standard InChI is InChI=1S/C29H33NO5/c1-29(2,3)28(32)35-19-34-27(31)26(21-9-4-5-10-21)22-13-16-24(17-14-22)33-18-23-15-12-20-8-6-7-11-25(20)30-23/h6-8,11-17,21,26H,4-5,9-10,18-19H2,1-3H3. The van der Waals surface area contributed by atoms with E-state index in [2.05, 4.69) is 4.98 Å². The Balaban J connectivity index is 1.39. The number of carbonyl (C=O) groups excluding carboxylic acids is 2. The Morgan fingerprint density at radius 1 is 0.943 bits per heavy atom. The van der Waals surface area contributed by atoms with Crippen LogP contribution in [-0.4, -0.2) is 23.7 Å². The highest BCUT2D eigenvalue weighted by Crippen LogP contribution is 2.38. The number of fused-ring (bicyclic) bond motifs is 1. The van der Waals surface area contributed by atoms with Crippen molar-refractivity contribution in [3.63, 3.8) is 0 Å². The average molecular weight is 476 g/mol. The van der Waals surface area contributed by atoms with Crippen molar-refractivity contribution < 1.29 is 23.8 Å². The van der Waals surface area contributed by atoms with Crippen LogP contribution >= 0.6 is 0 Å². The number of hydrogen-bond acceptors (Lipinski definition) is 6. The number of ether oxygens (including phenoxy) is 3. The van der Waals surface area contributed by atoms with Crippen LogP contribution in [0.15, 0.2) is 60.7 Å². The van der Waals surface area contributed by atoms with Gasteiger partial charge in [-0.2, -0.15) is 0 Å². The second-order valence-electron chi connectivity index (χ2n) is 10.1. The quantitative estimate of drug-likeness (QED) is 0.286. The van der Waals surface area contributed by atoms with Gasteiger partial charge < -0.3 is 14.2 Å². The van der Waals surface area contributed by atoms with Crippen molar-refractivity contribution in [2.24, 2.45) is 11.3 Å². The van der Waals surface area contributed by atoms with Crippen LogP contribution in [0.2, 0.25) is 0 Å². The second-order valence-corrected chi connectivity index (χ2v) is 10.1. The molecule has 0 saturated heterocycles. The van der Waals surface area contributed by atoms with E-state index < -0.39 is 11.4 Å². The van der Waals surface area contributed by atoms with E-state index in [1.807, 2.05) is 60.7 Å². The predicted molar refractivity (Wildman–Crippen MR) is 134 cm³/mol. The minimum absolute atomic E-state index is 0.217. The number of pyridine rings is 1. The third kappa shape index (κ3) is 6.38. The maximum atomic E-state index is 13.0. The van der Waals surface area contributed by atoms with Crippen molar-refractivity contribution in [3.8, 4) is 5.75 Å². The normalized spacial score (nSPS) is 15.1. The van der Waals surface area contributed by atoms with Crippen LogP contribution in [0.25, 0.3) is 10.9 Å². The maximum absolute atomic E-state index is 13.0. The number of benzene rings is 2. The van der Waals surface area contributed by atoms with Crippen LogP contribution in [0.1, 0.15) is 63.6 Å². The summed E-state index contributed by atoms with van der Waals surface area (Å²) in [5, 5.41) is 1.10. The van der Waals surface area contributed by atoms with E-state index in [1.54, 1.807) is 20.8 Å². The van der Waals surface area contributed by atoms with Crippen molar-refractivity contribution >= 4 is 22.8 Å². The molecule has 1 heterocycles. The zero-order valence-electron chi connectivity index (χ0n) is 20.7. The summed E-state index contributed by atoms with van der Waals surface area (Å²) in [6.45, 7) is 5.28. The van der Waals surface area contributed by atoms with E-state index in [-0.39, 0.29) is 24.6 Å². The number of nitrogens with zero attached hydrogens (tertiary/aromatic N) is 1. The first-order chi connectivity index (χ1) is 16.8. The SMILES string of the molecule is CC(C)(C)C(=O)OCOC(=O)C(c1ccc(OCc2ccc3ccccc3n2)cc1)C1CCCC1. The molecule has 0 aliphatic heterocycles. The van der Waals surface area contributed by atoms with Gasteiger partial charge in [-0.3, -0.25) is 9.59 Å². The highest BCUT2D eigenvalue weighted by atomic mass is 16.7. The molecule has 1 unspecified atom stereocenters. The summed E-state index contributed by atoms with van der Waals surface area (Å²) < 4.78 is 16.5. The highest BCUT2D eigenvalue weighted by molar-refractivity contribution is 5.79. The molecule has 1 atom stereocenters. The minimum atomic E-state index is -0.643. The number of hydrogen-bond donors (Lipinski definition) is 0. The number of carbonyl (C=O) groups is 2. The molecule has 1 aromatic heterocycles. The first-order valence-corrected chi connectivity index (χ1v) is 12.2. The van der Waals surface area contributed by atoms with Crippen molar-refractivity contribution in [2.45, 2.75) is 59.0 Å². The average Bonchev–Trinajstić information content (AvgIpc) is 3.37. The molecule has 6 heteroatoms. The molecule has 0 spiro atoms. The summed E-state index contributed by atoms with van der Waals surface area (Å²) in [6.07, 6.45) is 4.17. The summed E-state index contributed by atoms with van der Waals surface area (Å²) in [7, 11) is 0. The Labute approximate surface area is 206 Å². The van der Waals surface area contributed by atoms with E-state index in [0.717, 1.165) is 47.8 Å². The van der Waals surface area contributed by atoms with Gasteiger partial charge in [0.05, 0.1) is 22.5 Å². The number of esters is 2. The van der Waals surface area contributed by atoms with Crippen LogP contribution in [0.5, 0.6) is 5.75 Å². The molecule has 0 bridgehead atoms. The molecular weight excluding hydrogens is 442 g/mol. The Bertz CT molecular complexity index is 1160. The van der Waals surface area contributed by atoms with Gasteiger partial charge in [0.2, 0.25) is 6.79 Å². The molecule has 0 amide bonds. The monoisotopic (exact) mass is 475 g/mol. The lowest BCUT2D eigenvalue weighted by atomic mass is 9.85. The summed E-state index contributed by atoms with van der Waals surface area (Å²) in [5.74, 6) is -0.212. The third-order valence-corrected chi connectivity index (χ3v) is 6.41. The fourth-order valence-corrected chi connectivity index (χ4v) is 4.46. The van der Waals surface area contributed by atoms with Crippen LogP contribution in [-0.2, 0) is 25.7 Å². The van der Waals surface area contributed by atoms with Crippen molar-refractivity contribution in [1.82, 2.24) is 4.98 Å². The smallest absolute Gasteiger partial charge is 0.316 e. The van der Waals surface area contributed by atoms with E-state index in [9.17, 15) is 9.59 Å². The van der Waals surface area contributed by atoms with Gasteiger partial charge in [-0.05, 0) is 69.4 Å². The number of para-hydroxylation sites is 1. The molecule has 4 rings (SSSR count). The molecule has 1 aliphatic rings. The van der Waals surface area contributed by atoms with E-state index in [4.69, 9.17) is 14.2 Å². The van der Waals surface area contributed by atoms with Crippen LogP contribution in [0, 0.1) is 11.3 Å². The number of aromatic nitrogens is 1. The maximum Gasteiger partial charge on any atom is 0.316 e. The molecule has 0 N–H and O–H groups in total. The number of rotatable bonds is 8. The van der Waals surface area contributed by atoms with E-state index >= 15 is 0 Å². The third-order valence-electron chi connectivity index (χ3n) is 6.41. The van der Waals surface area contributed by atoms with Gasteiger partial charge in [0.15, 0.2) is 0 Å². The fraction of sp³-hybridized carbons (Fsp3) is 0.414. The van der Waals surface area contributed by atoms with Gasteiger partial charge in [-0.15, -0.1) is 0 Å². The lowest BCUT2D eigenvalue weighted by molar-refractivity contribution is -0.174. The summed E-state index contributed by atoms with van der Waals surface area (Å²) in [6, 6.07) is 19.6. The van der Waals surface area contributed by atoms with Gasteiger partial charge in [-0.1, -0.05) is 49.2 Å². The van der Waals surface area contributed by atoms with Gasteiger partial charge in [0.1, 0.15) is 12.4 Å². The molecular formula is C29H33NO5. The molecule has 6 nitrogen and oxygen atoms in total. The predicted octanol–water partition coefficient (Wildman–Crippen LogP) is 6.18. The Morgan fingerprint density at radius 3 is 2.37 bits per heavy atom. The van der Waals surface area contributed by atoms with Gasteiger partial charge >= 0.3 is 11.9 Å². The zero-order valence-corrected chi connectivity index (χ0v) is 20.7. The summed E-state index contributed by atoms with van der Waals surface area (Å²) in [5.41, 5.74) is 2.04. The largest absolute Gasteiger partial charge is 0.487 e. The fourth-order valence-electron chi connectivity index (χ4n) is 4.46. The molecule has 1 fully saturated rings. The first-order valence-electron chi connectivity index (χ1n) is 12.2. The van der Waals surface area contributed by atoms with Gasteiger partial charge in [0.25, 0.3) is 0 Å². The van der Waals surface area contributed by atoms with Crippen LogP contribution in [0.4, 0.5) is 0 Å². The van der Waals surface area contributed by atoms with Crippen LogP contribution < -0.4 is 4.74 Å². The lowest BCUT2D eigenvalue weighted by Gasteiger charge is -2.23. The van der Waals surface area contributed by atoms with Crippen molar-refractivity contribution in [2.75, 3.05) is 6.79 Å². The van der Waals surface area contributed by atoms with Gasteiger partial charge in [-0.25, -0.2) is 4.98 Å². The Hall–Kier alpha value is -3.41. The zero-order chi connectivity index (χ0) is 24.8. The summed E-state index contributed by atoms with van der Waals surface area (Å²) >= 11 is 0. The van der Waals surface area contributed by atoms with Crippen LogP contribution in [0.3, 0.4) is 0 Å². The second kappa shape index (κ2) is 10.9. The van der Waals surface area contributed by atoms with Gasteiger partial charge in [0, 0.05) is 5.39 Å². The molecule has 3 aromatic rings. The topological polar surface area (TPSA) is 74.7 Å². The Morgan fingerprint density at radius 2 is 1.66 bits per heavy atom. The molecule has 2 aromatic carbocycles. The minimum Gasteiger partial charge on any atom is -0.487 e. The van der Waals surface area contributed by atoms with E-state index in [1.165, 1.54) is 0 Å². The molecule has 184 valence electrons. The summed E-state index contributed by atoms with van der Waals surface area (Å²) in [4.78, 5) is 29.6. The van der Waals surface area contributed by atoms with Crippen molar-refractivity contribution in [3.05, 3.63) is 71.9 Å². The molecule has 1 aliphatic carbocycles. The lowest BCUT2D eigenvalue weighted by Crippen LogP contribution is -2.27. The molecule has 1 saturated carbocycles. The first kappa shape index (κ1) is 24.7. The van der Waals surface area contributed by atoms with Crippen molar-refractivity contribution in [1.29, 1.82) is 0 Å². The Kier molecular flexibility index (Phi) is 7.69. The molecule has 35 heavy (non-hydrogen) atoms. The molecule has 0 radical (unpaired) electrons.